The molecular formula is C14H10Br2N2O3. The molecule has 2 aromatic carbocycles. The molecule has 21 heavy (non-hydrogen) atoms. The van der Waals surface area contributed by atoms with Gasteiger partial charge in [-0.15, -0.1) is 0 Å². The maximum atomic E-state index is 12.3. The Labute approximate surface area is 137 Å². The van der Waals surface area contributed by atoms with Gasteiger partial charge in [-0.1, -0.05) is 12.1 Å². The molecule has 0 bridgehead atoms. The van der Waals surface area contributed by atoms with E-state index in [-0.39, 0.29) is 15.7 Å². The van der Waals surface area contributed by atoms with Gasteiger partial charge in [-0.3, -0.25) is 14.9 Å². The number of nitro benzene ring substituents is 1. The van der Waals surface area contributed by atoms with E-state index in [1.54, 1.807) is 6.07 Å². The third-order valence-electron chi connectivity index (χ3n) is 2.79. The molecule has 0 atom stereocenters. The fourth-order valence-electron chi connectivity index (χ4n) is 1.75. The Bertz CT molecular complexity index is 732. The van der Waals surface area contributed by atoms with Crippen molar-refractivity contribution < 1.29 is 9.72 Å². The van der Waals surface area contributed by atoms with Crippen LogP contribution in [0.15, 0.2) is 45.3 Å². The van der Waals surface area contributed by atoms with Crippen LogP contribution in [-0.4, -0.2) is 10.8 Å². The van der Waals surface area contributed by atoms with Crippen molar-refractivity contribution in [1.29, 1.82) is 0 Å². The van der Waals surface area contributed by atoms with E-state index in [1.165, 1.54) is 18.2 Å². The van der Waals surface area contributed by atoms with Crippen LogP contribution in [0.2, 0.25) is 0 Å². The Balaban J connectivity index is 2.33. The molecule has 0 spiro atoms. The molecule has 0 aliphatic heterocycles. The van der Waals surface area contributed by atoms with Crippen LogP contribution in [0, 0.1) is 17.0 Å². The van der Waals surface area contributed by atoms with Crippen LogP contribution in [0.4, 0.5) is 11.4 Å². The van der Waals surface area contributed by atoms with Crippen molar-refractivity contribution in [3.8, 4) is 0 Å². The van der Waals surface area contributed by atoms with Crippen molar-refractivity contribution in [1.82, 2.24) is 0 Å². The lowest BCUT2D eigenvalue weighted by molar-refractivity contribution is -0.385. The average molecular weight is 414 g/mol. The van der Waals surface area contributed by atoms with Crippen LogP contribution in [0.25, 0.3) is 0 Å². The van der Waals surface area contributed by atoms with Gasteiger partial charge in [0.25, 0.3) is 11.6 Å². The first-order valence-electron chi connectivity index (χ1n) is 5.90. The summed E-state index contributed by atoms with van der Waals surface area (Å²) in [6.07, 6.45) is 0. The first kappa shape index (κ1) is 15.7. The van der Waals surface area contributed by atoms with Crippen LogP contribution >= 0.6 is 31.9 Å². The molecular weight excluding hydrogens is 404 g/mol. The van der Waals surface area contributed by atoms with Crippen molar-refractivity contribution >= 4 is 49.1 Å². The third kappa shape index (κ3) is 3.48. The molecule has 0 fully saturated rings. The van der Waals surface area contributed by atoms with Gasteiger partial charge in [-0.25, -0.2) is 0 Å². The summed E-state index contributed by atoms with van der Waals surface area (Å²) >= 11 is 6.48. The van der Waals surface area contributed by atoms with Gasteiger partial charge in [0.1, 0.15) is 4.47 Å². The number of hydrogen-bond acceptors (Lipinski definition) is 3. The van der Waals surface area contributed by atoms with Crippen molar-refractivity contribution in [3.63, 3.8) is 0 Å². The Morgan fingerprint density at radius 2 is 1.95 bits per heavy atom. The van der Waals surface area contributed by atoms with Crippen LogP contribution in [-0.2, 0) is 0 Å². The highest BCUT2D eigenvalue weighted by atomic mass is 79.9. The molecule has 1 N–H and O–H groups in total. The van der Waals surface area contributed by atoms with E-state index < -0.39 is 10.8 Å². The third-order valence-corrected chi connectivity index (χ3v) is 4.28. The van der Waals surface area contributed by atoms with Crippen molar-refractivity contribution in [2.75, 3.05) is 5.32 Å². The summed E-state index contributed by atoms with van der Waals surface area (Å²) in [5.41, 5.74) is 1.71. The summed E-state index contributed by atoms with van der Waals surface area (Å²) in [6, 6.07) is 9.84. The van der Waals surface area contributed by atoms with E-state index >= 15 is 0 Å². The van der Waals surface area contributed by atoms with Gasteiger partial charge in [0, 0.05) is 10.5 Å². The number of rotatable bonds is 3. The molecule has 7 heteroatoms. The molecule has 1 amide bonds. The molecule has 5 nitrogen and oxygen atoms in total. The fourth-order valence-corrected chi connectivity index (χ4v) is 2.93. The van der Waals surface area contributed by atoms with Crippen LogP contribution in [0.3, 0.4) is 0 Å². The average Bonchev–Trinajstić information content (AvgIpc) is 2.41. The number of carbonyl (C=O) groups excluding carboxylic acids is 1. The Morgan fingerprint density at radius 3 is 2.57 bits per heavy atom. The maximum Gasteiger partial charge on any atom is 0.284 e. The minimum Gasteiger partial charge on any atom is -0.321 e. The molecule has 0 unspecified atom stereocenters. The lowest BCUT2D eigenvalue weighted by Gasteiger charge is -2.09. The molecule has 0 saturated carbocycles. The monoisotopic (exact) mass is 412 g/mol. The molecule has 0 heterocycles. The molecule has 2 rings (SSSR count). The lowest BCUT2D eigenvalue weighted by Crippen LogP contribution is -2.13. The molecule has 0 saturated heterocycles. The first-order valence-corrected chi connectivity index (χ1v) is 7.49. The lowest BCUT2D eigenvalue weighted by atomic mass is 10.1. The van der Waals surface area contributed by atoms with Gasteiger partial charge < -0.3 is 5.32 Å². The largest absolute Gasteiger partial charge is 0.321 e. The minimum absolute atomic E-state index is 0.148. The second-order valence-corrected chi connectivity index (χ2v) is 5.98. The number of benzene rings is 2. The normalized spacial score (nSPS) is 10.2. The highest BCUT2D eigenvalue weighted by molar-refractivity contribution is 9.11. The summed E-state index contributed by atoms with van der Waals surface area (Å²) in [5.74, 6) is -0.421. The van der Waals surface area contributed by atoms with Crippen LogP contribution in [0.5, 0.6) is 0 Å². The summed E-state index contributed by atoms with van der Waals surface area (Å²) in [4.78, 5) is 22.6. The zero-order valence-electron chi connectivity index (χ0n) is 10.9. The number of aryl methyl sites for hydroxylation is 1. The number of carbonyl (C=O) groups is 1. The number of nitrogens with one attached hydrogen (secondary N) is 1. The smallest absolute Gasteiger partial charge is 0.284 e. The summed E-state index contributed by atoms with van der Waals surface area (Å²) in [6.45, 7) is 1.94. The number of anilines is 1. The van der Waals surface area contributed by atoms with E-state index in [0.717, 1.165) is 10.0 Å². The number of nitrogens with zero attached hydrogens (tertiary/aromatic N) is 1. The topological polar surface area (TPSA) is 72.2 Å². The summed E-state index contributed by atoms with van der Waals surface area (Å²) in [7, 11) is 0. The number of hydrogen-bond donors (Lipinski definition) is 1. The van der Waals surface area contributed by atoms with E-state index in [0.29, 0.717) is 5.69 Å². The second-order valence-electron chi connectivity index (χ2n) is 4.33. The summed E-state index contributed by atoms with van der Waals surface area (Å²) in [5, 5.41) is 13.6. The number of nitro groups is 1. The van der Waals surface area contributed by atoms with Gasteiger partial charge >= 0.3 is 0 Å². The van der Waals surface area contributed by atoms with Gasteiger partial charge in [0.15, 0.2) is 0 Å². The van der Waals surface area contributed by atoms with Gasteiger partial charge in [-0.2, -0.15) is 0 Å². The first-order chi connectivity index (χ1) is 9.90. The predicted octanol–water partition coefficient (Wildman–Crippen LogP) is 4.68. The van der Waals surface area contributed by atoms with Crippen LogP contribution < -0.4 is 5.32 Å². The Hall–Kier alpha value is -1.73. The van der Waals surface area contributed by atoms with E-state index in [2.05, 4.69) is 37.2 Å². The molecule has 0 aliphatic rings. The molecule has 0 aliphatic carbocycles. The Kier molecular flexibility index (Phi) is 4.74. The number of amides is 1. The zero-order chi connectivity index (χ0) is 15.6. The quantitative estimate of drug-likeness (QED) is 0.586. The van der Waals surface area contributed by atoms with Gasteiger partial charge in [-0.05, 0) is 62.5 Å². The van der Waals surface area contributed by atoms with Crippen molar-refractivity contribution in [2.45, 2.75) is 6.92 Å². The Morgan fingerprint density at radius 1 is 1.24 bits per heavy atom. The molecule has 0 aromatic heterocycles. The SMILES string of the molecule is Cc1ccc(NC(=O)c2cccc([N+](=O)[O-])c2Br)c(Br)c1. The maximum absolute atomic E-state index is 12.3. The molecule has 2 aromatic rings. The van der Waals surface area contributed by atoms with Gasteiger partial charge in [0.2, 0.25) is 0 Å². The molecule has 108 valence electrons. The standard InChI is InChI=1S/C14H10Br2N2O3/c1-8-5-6-11(10(15)7-8)17-14(19)9-3-2-4-12(13(9)16)18(20)21/h2-7H,1H3,(H,17,19). The highest BCUT2D eigenvalue weighted by Gasteiger charge is 2.19. The second kappa shape index (κ2) is 6.36. The van der Waals surface area contributed by atoms with E-state index in [9.17, 15) is 14.9 Å². The van der Waals surface area contributed by atoms with E-state index in [4.69, 9.17) is 0 Å². The number of halogens is 2. The zero-order valence-corrected chi connectivity index (χ0v) is 14.1. The highest BCUT2D eigenvalue weighted by Crippen LogP contribution is 2.30. The van der Waals surface area contributed by atoms with Crippen molar-refractivity contribution in [3.05, 3.63) is 66.6 Å². The fraction of sp³-hybridized carbons (Fsp3) is 0.0714. The van der Waals surface area contributed by atoms with Crippen LogP contribution in [0.1, 0.15) is 15.9 Å². The molecule has 0 radical (unpaired) electrons. The minimum atomic E-state index is -0.539. The van der Waals surface area contributed by atoms with Crippen molar-refractivity contribution in [2.24, 2.45) is 0 Å². The van der Waals surface area contributed by atoms with E-state index in [1.807, 2.05) is 19.1 Å². The summed E-state index contributed by atoms with van der Waals surface area (Å²) < 4.78 is 0.910. The van der Waals surface area contributed by atoms with Gasteiger partial charge in [0.05, 0.1) is 16.2 Å². The predicted molar refractivity (Wildman–Crippen MR) is 87.6 cm³/mol.